The lowest BCUT2D eigenvalue weighted by molar-refractivity contribution is -0.109. The summed E-state index contributed by atoms with van der Waals surface area (Å²) in [5.41, 5.74) is 0.768. The van der Waals surface area contributed by atoms with Crippen LogP contribution in [-0.2, 0) is 17.0 Å². The summed E-state index contributed by atoms with van der Waals surface area (Å²) in [7, 11) is 0. The van der Waals surface area contributed by atoms with Crippen molar-refractivity contribution in [2.45, 2.75) is 0 Å². The van der Waals surface area contributed by atoms with Crippen LogP contribution in [0, 0.1) is 0 Å². The Labute approximate surface area is 88.4 Å². The minimum Gasteiger partial charge on any atom is -0.479 e. The maximum absolute atomic E-state index is 11.2. The van der Waals surface area contributed by atoms with Crippen molar-refractivity contribution in [2.75, 3.05) is 5.32 Å². The molecule has 0 saturated heterocycles. The van der Waals surface area contributed by atoms with Crippen molar-refractivity contribution in [2.24, 2.45) is 0 Å². The highest BCUT2D eigenvalue weighted by atomic mass is 33.0. The fourth-order valence-corrected chi connectivity index (χ4v) is 1.66. The molecule has 0 spiro atoms. The predicted octanol–water partition coefficient (Wildman–Crippen LogP) is 2.22. The summed E-state index contributed by atoms with van der Waals surface area (Å²) in [6, 6.07) is 9.23. The van der Waals surface area contributed by atoms with Gasteiger partial charge in [0.05, 0.1) is 0 Å². The van der Waals surface area contributed by atoms with Crippen molar-refractivity contribution in [3.8, 4) is 0 Å². The fraction of sp³-hybridized carbons (Fsp3) is 0. The lowest BCUT2D eigenvalue weighted by atomic mass is 10.3. The zero-order chi connectivity index (χ0) is 9.68. The molecular weight excluding hydrogens is 221 g/mol. The van der Waals surface area contributed by atoms with Gasteiger partial charge in [-0.05, 0) is 12.1 Å². The number of anilines is 1. The van der Waals surface area contributed by atoms with Gasteiger partial charge in [0, 0.05) is 23.9 Å². The van der Waals surface area contributed by atoms with E-state index in [-0.39, 0.29) is 5.91 Å². The number of benzene rings is 1. The van der Waals surface area contributed by atoms with E-state index in [1.165, 1.54) is 5.80 Å². The normalized spacial score (nSPS) is 11.1. The summed E-state index contributed by atoms with van der Waals surface area (Å²) in [4.78, 5) is 11.2. The van der Waals surface area contributed by atoms with Crippen LogP contribution in [0.4, 0.5) is 5.69 Å². The van der Waals surface area contributed by atoms with Crippen LogP contribution in [0.3, 0.4) is 0 Å². The van der Waals surface area contributed by atoms with Crippen LogP contribution in [0.5, 0.6) is 0 Å². The number of carbonyl (C=O) groups excluding carboxylic acids is 1. The average molecular weight is 229 g/mol. The van der Waals surface area contributed by atoms with Crippen LogP contribution in [0.2, 0.25) is 0 Å². The van der Waals surface area contributed by atoms with Crippen molar-refractivity contribution in [1.82, 2.24) is 0 Å². The van der Waals surface area contributed by atoms with E-state index in [2.05, 4.69) is 17.6 Å². The monoisotopic (exact) mass is 229 g/mol. The van der Waals surface area contributed by atoms with Crippen LogP contribution in [0.1, 0.15) is 0 Å². The molecule has 0 aliphatic rings. The smallest absolute Gasteiger partial charge is 0.289 e. The van der Waals surface area contributed by atoms with E-state index in [1.807, 2.05) is 30.3 Å². The van der Waals surface area contributed by atoms with Crippen molar-refractivity contribution in [3.63, 3.8) is 0 Å². The van der Waals surface area contributed by atoms with Gasteiger partial charge in [0.2, 0.25) is 0 Å². The van der Waals surface area contributed by atoms with Gasteiger partial charge in [-0.15, -0.1) is 0 Å². The largest absolute Gasteiger partial charge is 0.479 e. The molecule has 1 unspecified atom stereocenters. The summed E-state index contributed by atoms with van der Waals surface area (Å²) in [6.07, 6.45) is 0. The first-order valence-corrected chi connectivity index (χ1v) is 7.12. The highest BCUT2D eigenvalue weighted by Gasteiger charge is 1.99. The Kier molecular flexibility index (Phi) is 4.36. The molecule has 0 heterocycles. The maximum atomic E-state index is 11.2. The van der Waals surface area contributed by atoms with Gasteiger partial charge < -0.3 is 17.6 Å². The number of rotatable bonds is 2. The number of nitrogens with one attached hydrogen (secondary N) is 1. The minimum absolute atomic E-state index is 0.192. The Bertz CT molecular complexity index is 322. The number of thiol groups is 1. The molecule has 5 heteroatoms. The maximum Gasteiger partial charge on any atom is 0.289 e. The zero-order valence-corrected chi connectivity index (χ0v) is 9.28. The Morgan fingerprint density at radius 2 is 2.08 bits per heavy atom. The second-order valence-corrected chi connectivity index (χ2v) is 6.44. The van der Waals surface area contributed by atoms with Gasteiger partial charge in [-0.1, -0.05) is 18.2 Å². The van der Waals surface area contributed by atoms with Gasteiger partial charge in [0.1, 0.15) is 0 Å². The first-order valence-electron chi connectivity index (χ1n) is 3.54. The van der Waals surface area contributed by atoms with Crippen molar-refractivity contribution in [1.29, 1.82) is 0 Å². The van der Waals surface area contributed by atoms with E-state index in [9.17, 15) is 4.79 Å². The topological polar surface area (TPSA) is 29.1 Å². The second kappa shape index (κ2) is 5.32. The molecule has 1 aromatic carbocycles. The van der Waals surface area contributed by atoms with E-state index in [4.69, 9.17) is 12.2 Å². The summed E-state index contributed by atoms with van der Waals surface area (Å²) in [5.74, 6) is 0.216. The molecule has 0 fully saturated rings. The van der Waals surface area contributed by atoms with Gasteiger partial charge in [-0.3, -0.25) is 4.79 Å². The van der Waals surface area contributed by atoms with Crippen molar-refractivity contribution >= 4 is 47.8 Å². The van der Waals surface area contributed by atoms with Crippen LogP contribution < -0.4 is 5.32 Å². The highest BCUT2D eigenvalue weighted by Crippen LogP contribution is 2.22. The molecule has 68 valence electrons. The second-order valence-electron chi connectivity index (χ2n) is 2.29. The SMILES string of the molecule is O=C(C=[P+]([S-])S)Nc1ccccc1. The number of hydrogen-bond donors (Lipinski definition) is 2. The van der Waals surface area contributed by atoms with Gasteiger partial charge in [-0.25, -0.2) is 0 Å². The lowest BCUT2D eigenvalue weighted by Gasteiger charge is -1.99. The van der Waals surface area contributed by atoms with E-state index < -0.39 is 5.95 Å². The molecule has 1 amide bonds. The molecule has 0 aliphatic heterocycles. The summed E-state index contributed by atoms with van der Waals surface area (Å²) in [5, 5.41) is 2.68. The molecular formula is C8H8NOPS2. The standard InChI is InChI=1S/C8H8NOPS2/c10-8(6-11(12)13)9-7-4-2-1-3-5-7/h1-6H,(H,9,10)(H,12,13). The molecule has 0 bridgehead atoms. The lowest BCUT2D eigenvalue weighted by Crippen LogP contribution is -2.11. The Morgan fingerprint density at radius 1 is 1.46 bits per heavy atom. The third kappa shape index (κ3) is 4.36. The first kappa shape index (κ1) is 10.6. The molecule has 1 atom stereocenters. The molecule has 1 aromatic rings. The molecule has 1 N–H and O–H groups in total. The Hall–Kier alpha value is -0.440. The molecule has 1 rings (SSSR count). The summed E-state index contributed by atoms with van der Waals surface area (Å²) >= 11 is 8.75. The molecule has 13 heavy (non-hydrogen) atoms. The van der Waals surface area contributed by atoms with Crippen molar-refractivity contribution < 1.29 is 4.79 Å². The third-order valence-electron chi connectivity index (χ3n) is 1.27. The van der Waals surface area contributed by atoms with Gasteiger partial charge >= 0.3 is 0 Å². The number of amides is 1. The third-order valence-corrected chi connectivity index (χ3v) is 2.39. The van der Waals surface area contributed by atoms with E-state index in [0.717, 1.165) is 5.69 Å². The zero-order valence-electron chi connectivity index (χ0n) is 6.68. The van der Waals surface area contributed by atoms with Crippen LogP contribution in [0.15, 0.2) is 30.3 Å². The Balaban J connectivity index is 2.61. The number of carbonyl (C=O) groups is 1. The summed E-state index contributed by atoms with van der Waals surface area (Å²) in [6.45, 7) is 0. The van der Waals surface area contributed by atoms with E-state index in [0.29, 0.717) is 0 Å². The predicted molar refractivity (Wildman–Crippen MR) is 64.4 cm³/mol. The van der Waals surface area contributed by atoms with Gasteiger partial charge in [0.25, 0.3) is 5.91 Å². The van der Waals surface area contributed by atoms with Gasteiger partial charge in [0.15, 0.2) is 5.80 Å². The first-order chi connectivity index (χ1) is 6.18. The highest BCUT2D eigenvalue weighted by molar-refractivity contribution is 8.71. The molecule has 2 nitrogen and oxygen atoms in total. The minimum atomic E-state index is -0.995. The van der Waals surface area contributed by atoms with Crippen molar-refractivity contribution in [3.05, 3.63) is 30.3 Å². The summed E-state index contributed by atoms with van der Waals surface area (Å²) < 4.78 is 0. The molecule has 0 saturated carbocycles. The van der Waals surface area contributed by atoms with Crippen LogP contribution in [0.25, 0.3) is 0 Å². The molecule has 0 aromatic heterocycles. The van der Waals surface area contributed by atoms with Crippen LogP contribution >= 0.6 is 18.2 Å². The van der Waals surface area contributed by atoms with E-state index in [1.54, 1.807) is 0 Å². The number of para-hydroxylation sites is 1. The van der Waals surface area contributed by atoms with Crippen LogP contribution in [-0.4, -0.2) is 11.7 Å². The molecule has 0 radical (unpaired) electrons. The fourth-order valence-electron chi connectivity index (χ4n) is 0.796. The quantitative estimate of drug-likeness (QED) is 0.462. The van der Waals surface area contributed by atoms with Gasteiger partial charge in [-0.2, -0.15) is 0 Å². The molecule has 0 aliphatic carbocycles. The number of hydrogen-bond acceptors (Lipinski definition) is 3. The average Bonchev–Trinajstić information content (AvgIpc) is 2.04. The Morgan fingerprint density at radius 3 is 2.62 bits per heavy atom. The van der Waals surface area contributed by atoms with E-state index >= 15 is 0 Å².